The van der Waals surface area contributed by atoms with Crippen molar-refractivity contribution >= 4 is 11.4 Å². The molecule has 0 aliphatic heterocycles. The first kappa shape index (κ1) is 14.8. The Morgan fingerprint density at radius 1 is 1.48 bits per heavy atom. The van der Waals surface area contributed by atoms with Gasteiger partial charge in [-0.15, -0.1) is 0 Å². The van der Waals surface area contributed by atoms with E-state index < -0.39 is 23.0 Å². The van der Waals surface area contributed by atoms with Gasteiger partial charge in [0, 0.05) is 19.4 Å². The number of aromatic nitrogens is 2. The molecule has 9 heteroatoms. The smallest absolute Gasteiger partial charge is 0.319 e. The maximum atomic E-state index is 13.1. The van der Waals surface area contributed by atoms with Crippen molar-refractivity contribution < 1.29 is 18.1 Å². The number of hydrogen-bond donors (Lipinski definition) is 0. The van der Waals surface area contributed by atoms with E-state index in [2.05, 4.69) is 4.98 Å². The number of halogens is 3. The van der Waals surface area contributed by atoms with E-state index in [0.717, 1.165) is 18.3 Å². The number of nitrogens with zero attached hydrogens (tertiary/aromatic N) is 4. The Labute approximate surface area is 117 Å². The highest BCUT2D eigenvalue weighted by atomic mass is 19.3. The molecule has 21 heavy (non-hydrogen) atoms. The summed E-state index contributed by atoms with van der Waals surface area (Å²) in [6.45, 7) is -2.83. The second-order valence-electron chi connectivity index (χ2n) is 4.27. The molecule has 0 N–H and O–H groups in total. The van der Waals surface area contributed by atoms with E-state index in [1.165, 1.54) is 24.2 Å². The third-order valence-corrected chi connectivity index (χ3v) is 2.88. The number of anilines is 1. The van der Waals surface area contributed by atoms with Gasteiger partial charge in [-0.2, -0.15) is 8.78 Å². The van der Waals surface area contributed by atoms with Gasteiger partial charge in [0.15, 0.2) is 0 Å². The molecule has 0 unspecified atom stereocenters. The number of rotatable bonds is 5. The minimum absolute atomic E-state index is 0.0473. The predicted molar refractivity (Wildman–Crippen MR) is 68.6 cm³/mol. The third-order valence-electron chi connectivity index (χ3n) is 2.88. The lowest BCUT2D eigenvalue weighted by atomic mass is 10.2. The maximum Gasteiger partial charge on any atom is 0.319 e. The predicted octanol–water partition coefficient (Wildman–Crippen LogP) is 2.96. The van der Waals surface area contributed by atoms with Crippen molar-refractivity contribution in [3.05, 3.63) is 52.3 Å². The fourth-order valence-corrected chi connectivity index (χ4v) is 1.91. The molecule has 0 amide bonds. The molecule has 6 nitrogen and oxygen atoms in total. The van der Waals surface area contributed by atoms with Crippen LogP contribution in [0.5, 0.6) is 0 Å². The average Bonchev–Trinajstić information content (AvgIpc) is 2.86. The summed E-state index contributed by atoms with van der Waals surface area (Å²) in [6, 6.07) is 3.08. The molecule has 0 aliphatic carbocycles. The summed E-state index contributed by atoms with van der Waals surface area (Å²) < 4.78 is 39.2. The van der Waals surface area contributed by atoms with Crippen LogP contribution in [-0.2, 0) is 6.54 Å². The minimum atomic E-state index is -2.75. The van der Waals surface area contributed by atoms with Crippen molar-refractivity contribution in [2.75, 3.05) is 11.9 Å². The van der Waals surface area contributed by atoms with Gasteiger partial charge < -0.3 is 4.90 Å². The van der Waals surface area contributed by atoms with Crippen molar-refractivity contribution in [1.82, 2.24) is 9.55 Å². The maximum absolute atomic E-state index is 13.1. The lowest BCUT2D eigenvalue weighted by Crippen LogP contribution is -2.21. The number of imidazole rings is 1. The molecular weight excluding hydrogens is 289 g/mol. The van der Waals surface area contributed by atoms with E-state index >= 15 is 0 Å². The van der Waals surface area contributed by atoms with Crippen molar-refractivity contribution in [2.45, 2.75) is 13.1 Å². The first-order valence-corrected chi connectivity index (χ1v) is 5.85. The van der Waals surface area contributed by atoms with Crippen LogP contribution in [0.25, 0.3) is 0 Å². The van der Waals surface area contributed by atoms with Gasteiger partial charge in [-0.25, -0.2) is 9.37 Å². The molecular formula is C12H11F3N4O2. The summed E-state index contributed by atoms with van der Waals surface area (Å²) in [5, 5.41) is 10.9. The monoisotopic (exact) mass is 300 g/mol. The topological polar surface area (TPSA) is 64.2 Å². The van der Waals surface area contributed by atoms with Crippen LogP contribution in [0.1, 0.15) is 12.4 Å². The standard InChI is InChI=1S/C12H11F3N4O2/c1-17(7-11-16-4-5-18(11)12(14)15)9-3-2-8(13)6-10(9)19(20)21/h2-6,12H,7H2,1H3. The van der Waals surface area contributed by atoms with Crippen LogP contribution in [0, 0.1) is 15.9 Å². The number of alkyl halides is 2. The van der Waals surface area contributed by atoms with E-state index in [-0.39, 0.29) is 18.1 Å². The summed E-state index contributed by atoms with van der Waals surface area (Å²) in [7, 11) is 1.48. The van der Waals surface area contributed by atoms with Gasteiger partial charge in [-0.3, -0.25) is 14.7 Å². The zero-order valence-corrected chi connectivity index (χ0v) is 10.9. The van der Waals surface area contributed by atoms with E-state index in [1.807, 2.05) is 0 Å². The molecule has 1 heterocycles. The highest BCUT2D eigenvalue weighted by Crippen LogP contribution is 2.29. The van der Waals surface area contributed by atoms with Crippen LogP contribution in [0.4, 0.5) is 24.5 Å². The Morgan fingerprint density at radius 2 is 2.19 bits per heavy atom. The van der Waals surface area contributed by atoms with Gasteiger partial charge in [0.2, 0.25) is 0 Å². The van der Waals surface area contributed by atoms with Gasteiger partial charge >= 0.3 is 6.55 Å². The van der Waals surface area contributed by atoms with E-state index in [9.17, 15) is 23.3 Å². The van der Waals surface area contributed by atoms with Crippen LogP contribution in [0.15, 0.2) is 30.6 Å². The van der Waals surface area contributed by atoms with Gasteiger partial charge in [-0.05, 0) is 12.1 Å². The number of benzene rings is 1. The van der Waals surface area contributed by atoms with Gasteiger partial charge in [0.25, 0.3) is 5.69 Å². The Kier molecular flexibility index (Phi) is 4.10. The summed E-state index contributed by atoms with van der Waals surface area (Å²) in [4.78, 5) is 15.4. The lowest BCUT2D eigenvalue weighted by molar-refractivity contribution is -0.384. The van der Waals surface area contributed by atoms with Crippen LogP contribution >= 0.6 is 0 Å². The molecule has 112 valence electrons. The third kappa shape index (κ3) is 3.12. The van der Waals surface area contributed by atoms with Crippen molar-refractivity contribution in [3.8, 4) is 0 Å². The molecule has 1 aromatic carbocycles. The van der Waals surface area contributed by atoms with Crippen LogP contribution in [0.2, 0.25) is 0 Å². The molecule has 0 aliphatic rings. The summed E-state index contributed by atoms with van der Waals surface area (Å²) in [6.07, 6.45) is 2.33. The van der Waals surface area contributed by atoms with E-state index in [0.29, 0.717) is 4.57 Å². The molecule has 0 atom stereocenters. The second kappa shape index (κ2) is 5.81. The molecule has 0 saturated carbocycles. The molecule has 2 aromatic rings. The lowest BCUT2D eigenvalue weighted by Gasteiger charge is -2.19. The number of nitro benzene ring substituents is 1. The van der Waals surface area contributed by atoms with Gasteiger partial charge in [0.1, 0.15) is 17.3 Å². The van der Waals surface area contributed by atoms with E-state index in [4.69, 9.17) is 0 Å². The first-order chi connectivity index (χ1) is 9.90. The number of hydrogen-bond acceptors (Lipinski definition) is 4. The molecule has 1 aromatic heterocycles. The fraction of sp³-hybridized carbons (Fsp3) is 0.250. The van der Waals surface area contributed by atoms with Crippen LogP contribution in [-0.4, -0.2) is 21.5 Å². The summed E-state index contributed by atoms with van der Waals surface area (Å²) in [5.74, 6) is -0.695. The minimum Gasteiger partial charge on any atom is -0.362 e. The van der Waals surface area contributed by atoms with Gasteiger partial charge in [-0.1, -0.05) is 0 Å². The highest BCUT2D eigenvalue weighted by molar-refractivity contribution is 5.62. The van der Waals surface area contributed by atoms with Crippen molar-refractivity contribution in [1.29, 1.82) is 0 Å². The fourth-order valence-electron chi connectivity index (χ4n) is 1.91. The number of nitro groups is 1. The van der Waals surface area contributed by atoms with Crippen molar-refractivity contribution in [3.63, 3.8) is 0 Å². The molecule has 0 bridgehead atoms. The molecule has 0 radical (unpaired) electrons. The van der Waals surface area contributed by atoms with E-state index in [1.54, 1.807) is 0 Å². The normalized spacial score (nSPS) is 10.9. The van der Waals surface area contributed by atoms with Gasteiger partial charge in [0.05, 0.1) is 17.5 Å². The SMILES string of the molecule is CN(Cc1nccn1C(F)F)c1ccc(F)cc1[N+](=O)[O-]. The summed E-state index contributed by atoms with van der Waals surface area (Å²) >= 11 is 0. The average molecular weight is 300 g/mol. The van der Waals surface area contributed by atoms with Crippen molar-refractivity contribution in [2.24, 2.45) is 0 Å². The Bertz CT molecular complexity index is 660. The quantitative estimate of drug-likeness (QED) is 0.629. The second-order valence-corrected chi connectivity index (χ2v) is 4.27. The largest absolute Gasteiger partial charge is 0.362 e. The zero-order valence-electron chi connectivity index (χ0n) is 10.9. The van der Waals surface area contributed by atoms with Crippen LogP contribution in [0.3, 0.4) is 0 Å². The molecule has 0 saturated heterocycles. The zero-order chi connectivity index (χ0) is 15.6. The molecule has 0 fully saturated rings. The first-order valence-electron chi connectivity index (χ1n) is 5.85. The molecule has 2 rings (SSSR count). The Morgan fingerprint density at radius 3 is 2.81 bits per heavy atom. The van der Waals surface area contributed by atoms with Crippen LogP contribution < -0.4 is 4.90 Å². The Hall–Kier alpha value is -2.58. The summed E-state index contributed by atoms with van der Waals surface area (Å²) in [5.41, 5.74) is -0.321. The molecule has 0 spiro atoms. The Balaban J connectivity index is 2.30. The highest BCUT2D eigenvalue weighted by Gasteiger charge is 2.20.